The topological polar surface area (TPSA) is 49.3 Å². The van der Waals surface area contributed by atoms with E-state index in [0.29, 0.717) is 12.5 Å². The van der Waals surface area contributed by atoms with Crippen molar-refractivity contribution in [1.82, 2.24) is 10.2 Å². The largest absolute Gasteiger partial charge is 0.497 e. The third-order valence-corrected chi connectivity index (χ3v) is 5.50. The summed E-state index contributed by atoms with van der Waals surface area (Å²) in [7, 11) is 5.42. The summed E-state index contributed by atoms with van der Waals surface area (Å²) in [5, 5.41) is 3.43. The molecule has 1 heterocycles. The van der Waals surface area contributed by atoms with Gasteiger partial charge in [0.05, 0.1) is 14.2 Å². The van der Waals surface area contributed by atoms with Crippen LogP contribution in [-0.2, 0) is 6.54 Å². The summed E-state index contributed by atoms with van der Waals surface area (Å²) in [6.07, 6.45) is 1.17. The Morgan fingerprint density at radius 2 is 1.94 bits per heavy atom. The van der Waals surface area contributed by atoms with Crippen LogP contribution < -0.4 is 19.7 Å². The molecular weight excluding hydrogens is 503 g/mol. The Bertz CT molecular complexity index is 832. The molecule has 3 rings (SSSR count). The number of benzene rings is 2. The van der Waals surface area contributed by atoms with Gasteiger partial charge in [-0.15, -0.1) is 24.0 Å². The zero-order valence-electron chi connectivity index (χ0n) is 19.0. The van der Waals surface area contributed by atoms with E-state index < -0.39 is 0 Å². The molecule has 7 heteroatoms. The zero-order valence-corrected chi connectivity index (χ0v) is 21.3. The van der Waals surface area contributed by atoms with Crippen LogP contribution >= 0.6 is 24.0 Å². The van der Waals surface area contributed by atoms with Crippen molar-refractivity contribution in [3.63, 3.8) is 0 Å². The lowest BCUT2D eigenvalue weighted by Gasteiger charge is -2.24. The van der Waals surface area contributed by atoms with Gasteiger partial charge in [0, 0.05) is 57.1 Å². The number of guanidine groups is 1. The number of rotatable bonds is 8. The number of nitrogens with zero attached hydrogens (tertiary/aromatic N) is 3. The molecule has 1 unspecified atom stereocenters. The normalized spacial score (nSPS) is 15.9. The van der Waals surface area contributed by atoms with Crippen LogP contribution in [0.4, 0.5) is 5.69 Å². The number of anilines is 1. The van der Waals surface area contributed by atoms with Gasteiger partial charge < -0.3 is 24.6 Å². The van der Waals surface area contributed by atoms with Crippen molar-refractivity contribution >= 4 is 35.6 Å². The summed E-state index contributed by atoms with van der Waals surface area (Å²) >= 11 is 0. The van der Waals surface area contributed by atoms with Crippen LogP contribution in [0.2, 0.25) is 0 Å². The maximum atomic E-state index is 5.55. The molecule has 0 spiro atoms. The van der Waals surface area contributed by atoms with Gasteiger partial charge in [0.1, 0.15) is 11.5 Å². The Kier molecular flexibility index (Phi) is 10.2. The second-order valence-electron chi connectivity index (χ2n) is 7.66. The molecule has 1 aliphatic heterocycles. The molecule has 2 aromatic carbocycles. The number of halogens is 1. The third-order valence-electron chi connectivity index (χ3n) is 5.50. The second-order valence-corrected chi connectivity index (χ2v) is 7.66. The quantitative estimate of drug-likeness (QED) is 0.310. The van der Waals surface area contributed by atoms with Gasteiger partial charge in [-0.1, -0.05) is 18.2 Å². The molecular formula is C24H35IN4O2. The summed E-state index contributed by atoms with van der Waals surface area (Å²) < 4.78 is 10.9. The molecule has 31 heavy (non-hydrogen) atoms. The van der Waals surface area contributed by atoms with Crippen LogP contribution in [0.5, 0.6) is 11.5 Å². The van der Waals surface area contributed by atoms with Gasteiger partial charge in [0.25, 0.3) is 0 Å². The molecule has 0 aromatic heterocycles. The predicted molar refractivity (Wildman–Crippen MR) is 139 cm³/mol. The van der Waals surface area contributed by atoms with Crippen molar-refractivity contribution in [2.75, 3.05) is 52.3 Å². The van der Waals surface area contributed by atoms with Gasteiger partial charge in [0.2, 0.25) is 0 Å². The fourth-order valence-electron chi connectivity index (χ4n) is 3.85. The van der Waals surface area contributed by atoms with Crippen LogP contribution in [0.1, 0.15) is 18.9 Å². The Balaban J connectivity index is 0.00000341. The Labute approximate surface area is 203 Å². The van der Waals surface area contributed by atoms with Gasteiger partial charge in [0.15, 0.2) is 5.96 Å². The second kappa shape index (κ2) is 12.6. The van der Waals surface area contributed by atoms with Crippen LogP contribution in [0.3, 0.4) is 0 Å². The van der Waals surface area contributed by atoms with E-state index >= 15 is 0 Å². The lowest BCUT2D eigenvalue weighted by molar-refractivity contribution is 0.382. The highest BCUT2D eigenvalue weighted by Gasteiger charge is 2.22. The SMILES string of the molecule is CCNC(=NCC1CCN(c2ccccc2)C1)N(C)Cc1ccc(OC)cc1OC.I. The van der Waals surface area contributed by atoms with Gasteiger partial charge in [-0.25, -0.2) is 0 Å². The zero-order chi connectivity index (χ0) is 21.3. The molecule has 1 saturated heterocycles. The Morgan fingerprint density at radius 3 is 2.61 bits per heavy atom. The highest BCUT2D eigenvalue weighted by atomic mass is 127. The molecule has 1 atom stereocenters. The molecule has 170 valence electrons. The minimum atomic E-state index is 0. The Hall–Kier alpha value is -2.16. The van der Waals surface area contributed by atoms with Crippen molar-refractivity contribution in [1.29, 1.82) is 0 Å². The number of para-hydroxylation sites is 1. The maximum absolute atomic E-state index is 5.55. The van der Waals surface area contributed by atoms with E-state index in [-0.39, 0.29) is 24.0 Å². The number of hydrogen-bond donors (Lipinski definition) is 1. The van der Waals surface area contributed by atoms with Crippen molar-refractivity contribution in [2.45, 2.75) is 19.9 Å². The Morgan fingerprint density at radius 1 is 1.16 bits per heavy atom. The summed E-state index contributed by atoms with van der Waals surface area (Å²) in [6.45, 7) is 6.63. The van der Waals surface area contributed by atoms with Crippen molar-refractivity contribution in [3.05, 3.63) is 54.1 Å². The van der Waals surface area contributed by atoms with E-state index in [1.54, 1.807) is 14.2 Å². The first-order valence-electron chi connectivity index (χ1n) is 10.6. The summed E-state index contributed by atoms with van der Waals surface area (Å²) in [6, 6.07) is 16.6. The molecule has 0 bridgehead atoms. The lowest BCUT2D eigenvalue weighted by Crippen LogP contribution is -2.39. The molecule has 2 aromatic rings. The average molecular weight is 538 g/mol. The number of methoxy groups -OCH3 is 2. The number of aliphatic imine (C=N–C) groups is 1. The smallest absolute Gasteiger partial charge is 0.193 e. The van der Waals surface area contributed by atoms with Crippen LogP contribution in [0.15, 0.2) is 53.5 Å². The molecule has 6 nitrogen and oxygen atoms in total. The highest BCUT2D eigenvalue weighted by molar-refractivity contribution is 14.0. The number of ether oxygens (including phenoxy) is 2. The van der Waals surface area contributed by atoms with Crippen LogP contribution in [0.25, 0.3) is 0 Å². The molecule has 1 N–H and O–H groups in total. The molecule has 0 saturated carbocycles. The van der Waals surface area contributed by atoms with E-state index in [1.807, 2.05) is 18.2 Å². The van der Waals surface area contributed by atoms with E-state index in [1.165, 1.54) is 12.1 Å². The number of hydrogen-bond acceptors (Lipinski definition) is 4. The summed E-state index contributed by atoms with van der Waals surface area (Å²) in [5.74, 6) is 3.12. The van der Waals surface area contributed by atoms with E-state index in [4.69, 9.17) is 14.5 Å². The number of nitrogens with one attached hydrogen (secondary N) is 1. The molecule has 0 aliphatic carbocycles. The van der Waals surface area contributed by atoms with Crippen molar-refractivity contribution in [2.24, 2.45) is 10.9 Å². The molecule has 1 aliphatic rings. The summed E-state index contributed by atoms with van der Waals surface area (Å²) in [4.78, 5) is 9.56. The van der Waals surface area contributed by atoms with E-state index in [9.17, 15) is 0 Å². The van der Waals surface area contributed by atoms with Gasteiger partial charge in [-0.2, -0.15) is 0 Å². The van der Waals surface area contributed by atoms with Crippen molar-refractivity contribution < 1.29 is 9.47 Å². The minimum absolute atomic E-state index is 0. The van der Waals surface area contributed by atoms with Gasteiger partial charge in [-0.05, 0) is 43.5 Å². The average Bonchev–Trinajstić information content (AvgIpc) is 3.26. The van der Waals surface area contributed by atoms with E-state index in [0.717, 1.165) is 49.2 Å². The maximum Gasteiger partial charge on any atom is 0.193 e. The van der Waals surface area contributed by atoms with E-state index in [2.05, 4.69) is 59.4 Å². The first-order chi connectivity index (χ1) is 14.6. The van der Waals surface area contributed by atoms with Crippen molar-refractivity contribution in [3.8, 4) is 11.5 Å². The lowest BCUT2D eigenvalue weighted by atomic mass is 10.1. The molecule has 0 amide bonds. The summed E-state index contributed by atoms with van der Waals surface area (Å²) in [5.41, 5.74) is 2.40. The fourth-order valence-corrected chi connectivity index (χ4v) is 3.85. The molecule has 1 fully saturated rings. The first kappa shape index (κ1) is 25.1. The predicted octanol–water partition coefficient (Wildman–Crippen LogP) is 4.25. The van der Waals surface area contributed by atoms with Gasteiger partial charge in [-0.3, -0.25) is 4.99 Å². The van der Waals surface area contributed by atoms with Crippen LogP contribution in [-0.4, -0.2) is 58.3 Å². The first-order valence-corrected chi connectivity index (χ1v) is 10.6. The molecule has 0 radical (unpaired) electrons. The monoisotopic (exact) mass is 538 g/mol. The fraction of sp³-hybridized carbons (Fsp3) is 0.458. The highest BCUT2D eigenvalue weighted by Crippen LogP contribution is 2.26. The van der Waals surface area contributed by atoms with Crippen LogP contribution in [0, 0.1) is 5.92 Å². The standard InChI is InChI=1S/C24H34N4O2.HI/c1-5-25-24(27(2)18-20-11-12-22(29-3)15-23(20)30-4)26-16-19-13-14-28(17-19)21-9-7-6-8-10-21;/h6-12,15,19H,5,13-14,16-18H2,1-4H3,(H,25,26);1H. The van der Waals surface area contributed by atoms with Gasteiger partial charge >= 0.3 is 0 Å². The minimum Gasteiger partial charge on any atom is -0.497 e. The third kappa shape index (κ3) is 6.92.